The van der Waals surface area contributed by atoms with E-state index in [1.54, 1.807) is 6.07 Å². The van der Waals surface area contributed by atoms with Crippen molar-refractivity contribution in [2.75, 3.05) is 38.2 Å². The number of carbonyl (C=O) groups is 1. The quantitative estimate of drug-likeness (QED) is 0.408. The van der Waals surface area contributed by atoms with Crippen LogP contribution in [0.1, 0.15) is 79.5 Å². The molecule has 3 atom stereocenters. The molecule has 1 aromatic heterocycles. The number of aromatic nitrogens is 1. The zero-order chi connectivity index (χ0) is 25.6. The van der Waals surface area contributed by atoms with Crippen LogP contribution in [0.25, 0.3) is 0 Å². The normalized spacial score (nSPS) is 22.5. The number of carboxylic acids is 1. The first-order chi connectivity index (χ1) is 18.1. The van der Waals surface area contributed by atoms with E-state index in [0.717, 1.165) is 75.0 Å². The lowest BCUT2D eigenvalue weighted by atomic mass is 9.94. The highest BCUT2D eigenvalue weighted by Gasteiger charge is 2.37. The number of nitrogens with one attached hydrogen (secondary N) is 1. The zero-order valence-electron chi connectivity index (χ0n) is 21.5. The number of anilines is 1. The Labute approximate surface area is 218 Å². The van der Waals surface area contributed by atoms with Gasteiger partial charge in [-0.1, -0.05) is 18.6 Å². The highest BCUT2D eigenvalue weighted by atomic mass is 19.1. The molecule has 3 aliphatic rings. The molecule has 0 amide bonds. The van der Waals surface area contributed by atoms with Crippen LogP contribution < -0.4 is 5.32 Å². The number of unbranched alkanes of at least 4 members (excludes halogenated alkanes) is 2. The van der Waals surface area contributed by atoms with E-state index in [9.17, 15) is 14.3 Å². The first-order valence-electron chi connectivity index (χ1n) is 13.8. The molecule has 0 aliphatic carbocycles. The third kappa shape index (κ3) is 6.48. The summed E-state index contributed by atoms with van der Waals surface area (Å²) in [6, 6.07) is 7.91. The van der Waals surface area contributed by atoms with Crippen molar-refractivity contribution in [3.8, 4) is 0 Å². The summed E-state index contributed by atoms with van der Waals surface area (Å²) in [5.74, 6) is -0.327. The number of carboxylic acid groups (broad SMARTS) is 1. The van der Waals surface area contributed by atoms with Crippen LogP contribution in [-0.4, -0.2) is 59.9 Å². The minimum Gasteiger partial charge on any atom is -0.480 e. The van der Waals surface area contributed by atoms with Crippen LogP contribution >= 0.6 is 0 Å². The Bertz CT molecular complexity index is 1080. The first kappa shape index (κ1) is 26.1. The summed E-state index contributed by atoms with van der Waals surface area (Å²) < 4.78 is 26.1. The number of aliphatic carboxylic acids is 1. The van der Waals surface area contributed by atoms with Gasteiger partial charge in [0.25, 0.3) is 0 Å². The number of rotatable bonds is 11. The molecule has 2 fully saturated rings. The Morgan fingerprint density at radius 1 is 1.22 bits per heavy atom. The molecule has 200 valence electrons. The lowest BCUT2D eigenvalue weighted by Crippen LogP contribution is -2.34. The smallest absolute Gasteiger partial charge is 0.325 e. The maximum absolute atomic E-state index is 14.2. The fourth-order valence-electron chi connectivity index (χ4n) is 5.85. The van der Waals surface area contributed by atoms with Crippen molar-refractivity contribution in [2.24, 2.45) is 0 Å². The molecule has 5 rings (SSSR count). The standard InChI is InChI=1S/C29H38FN3O4/c30-21-10-12-24(26-8-5-17-37-26)25(18-21)27(29(34)35)33-15-13-23(19-33)36-16-3-1-2-7-22-11-9-20-6-4-14-31-28(20)32-22/h9-12,18,23,26-27H,1-8,13-17,19H2,(H,31,32)(H,34,35)/t23-,26-,27-/m1/s1. The minimum atomic E-state index is -0.962. The molecule has 0 spiro atoms. The Morgan fingerprint density at radius 3 is 2.97 bits per heavy atom. The number of ether oxygens (including phenoxy) is 2. The van der Waals surface area contributed by atoms with Crippen molar-refractivity contribution in [1.82, 2.24) is 9.88 Å². The monoisotopic (exact) mass is 511 g/mol. The van der Waals surface area contributed by atoms with Crippen LogP contribution in [0.4, 0.5) is 10.2 Å². The maximum atomic E-state index is 14.2. The number of pyridine rings is 1. The zero-order valence-corrected chi connectivity index (χ0v) is 21.5. The second kappa shape index (κ2) is 12.3. The van der Waals surface area contributed by atoms with Gasteiger partial charge in [0.2, 0.25) is 0 Å². The summed E-state index contributed by atoms with van der Waals surface area (Å²) in [4.78, 5) is 19.0. The average Bonchev–Trinajstić information content (AvgIpc) is 3.59. The third-order valence-corrected chi connectivity index (χ3v) is 7.78. The van der Waals surface area contributed by atoms with Gasteiger partial charge >= 0.3 is 5.97 Å². The molecule has 0 radical (unpaired) electrons. The fourth-order valence-corrected chi connectivity index (χ4v) is 5.85. The molecule has 0 unspecified atom stereocenters. The molecule has 2 N–H and O–H groups in total. The highest BCUT2D eigenvalue weighted by molar-refractivity contribution is 5.76. The summed E-state index contributed by atoms with van der Waals surface area (Å²) >= 11 is 0. The van der Waals surface area contributed by atoms with E-state index in [-0.39, 0.29) is 12.2 Å². The van der Waals surface area contributed by atoms with Crippen LogP contribution in [0.15, 0.2) is 30.3 Å². The van der Waals surface area contributed by atoms with E-state index in [1.165, 1.54) is 24.1 Å². The van der Waals surface area contributed by atoms with Gasteiger partial charge in [-0.05, 0) is 86.3 Å². The van der Waals surface area contributed by atoms with Gasteiger partial charge < -0.3 is 19.9 Å². The molecule has 0 saturated carbocycles. The van der Waals surface area contributed by atoms with Gasteiger partial charge in [-0.25, -0.2) is 9.37 Å². The van der Waals surface area contributed by atoms with Crippen molar-refractivity contribution in [2.45, 2.75) is 76.0 Å². The predicted molar refractivity (Wildman–Crippen MR) is 139 cm³/mol. The average molecular weight is 512 g/mol. The molecule has 3 aliphatic heterocycles. The van der Waals surface area contributed by atoms with E-state index in [2.05, 4.69) is 17.4 Å². The Hall–Kier alpha value is -2.55. The van der Waals surface area contributed by atoms with Crippen LogP contribution in [0.5, 0.6) is 0 Å². The second-order valence-corrected chi connectivity index (χ2v) is 10.4. The summed E-state index contributed by atoms with van der Waals surface area (Å²) in [5.41, 5.74) is 3.76. The Kier molecular flexibility index (Phi) is 8.69. The van der Waals surface area contributed by atoms with Crippen molar-refractivity contribution in [3.05, 3.63) is 58.5 Å². The molecule has 0 bridgehead atoms. The number of aryl methyl sites for hydroxylation is 2. The molecule has 7 nitrogen and oxygen atoms in total. The SMILES string of the molecule is O=C(O)[C@@H](c1cc(F)ccc1[C@H]1CCCO1)N1CC[C@@H](OCCCCCc2ccc3c(n2)NCCC3)C1. The van der Waals surface area contributed by atoms with Gasteiger partial charge in [0.15, 0.2) is 0 Å². The molecule has 37 heavy (non-hydrogen) atoms. The number of benzene rings is 1. The van der Waals surface area contributed by atoms with Gasteiger partial charge in [-0.15, -0.1) is 0 Å². The fraction of sp³-hybridized carbons (Fsp3) is 0.586. The lowest BCUT2D eigenvalue weighted by molar-refractivity contribution is -0.143. The van der Waals surface area contributed by atoms with Crippen molar-refractivity contribution in [3.63, 3.8) is 0 Å². The number of nitrogens with zero attached hydrogens (tertiary/aromatic N) is 2. The Balaban J connectivity index is 1.08. The summed E-state index contributed by atoms with van der Waals surface area (Å²) in [6.07, 6.45) is 8.71. The number of hydrogen-bond donors (Lipinski definition) is 2. The van der Waals surface area contributed by atoms with Gasteiger partial charge in [-0.3, -0.25) is 9.69 Å². The van der Waals surface area contributed by atoms with Crippen LogP contribution in [0.3, 0.4) is 0 Å². The van der Waals surface area contributed by atoms with Gasteiger partial charge in [-0.2, -0.15) is 0 Å². The number of hydrogen-bond acceptors (Lipinski definition) is 6. The molecular weight excluding hydrogens is 473 g/mol. The minimum absolute atomic E-state index is 0.00465. The lowest BCUT2D eigenvalue weighted by Gasteiger charge is -2.28. The maximum Gasteiger partial charge on any atom is 0.325 e. The number of halogens is 1. The molecule has 2 saturated heterocycles. The van der Waals surface area contributed by atoms with Crippen LogP contribution in [-0.2, 0) is 27.1 Å². The molecule has 2 aromatic rings. The topological polar surface area (TPSA) is 83.9 Å². The van der Waals surface area contributed by atoms with Crippen LogP contribution in [0, 0.1) is 5.82 Å². The molecule has 8 heteroatoms. The highest BCUT2D eigenvalue weighted by Crippen LogP contribution is 2.37. The van der Waals surface area contributed by atoms with Crippen molar-refractivity contribution < 1.29 is 23.8 Å². The molecule has 4 heterocycles. The van der Waals surface area contributed by atoms with E-state index < -0.39 is 17.8 Å². The summed E-state index contributed by atoms with van der Waals surface area (Å²) in [7, 11) is 0. The molecule has 1 aromatic carbocycles. The largest absolute Gasteiger partial charge is 0.480 e. The summed E-state index contributed by atoms with van der Waals surface area (Å²) in [5, 5.41) is 13.5. The van der Waals surface area contributed by atoms with Gasteiger partial charge in [0, 0.05) is 38.5 Å². The van der Waals surface area contributed by atoms with E-state index in [1.807, 2.05) is 4.90 Å². The number of likely N-dealkylation sites (tertiary alicyclic amines) is 1. The van der Waals surface area contributed by atoms with E-state index in [4.69, 9.17) is 14.5 Å². The van der Waals surface area contributed by atoms with Gasteiger partial charge in [0.05, 0.1) is 12.2 Å². The first-order valence-corrected chi connectivity index (χ1v) is 13.8. The van der Waals surface area contributed by atoms with E-state index >= 15 is 0 Å². The van der Waals surface area contributed by atoms with Gasteiger partial charge in [0.1, 0.15) is 17.7 Å². The predicted octanol–water partition coefficient (Wildman–Crippen LogP) is 5.06. The second-order valence-electron chi connectivity index (χ2n) is 10.4. The van der Waals surface area contributed by atoms with E-state index in [0.29, 0.717) is 31.9 Å². The number of fused-ring (bicyclic) bond motifs is 1. The van der Waals surface area contributed by atoms with Crippen molar-refractivity contribution in [1.29, 1.82) is 0 Å². The molecular formula is C29H38FN3O4. The van der Waals surface area contributed by atoms with Crippen LogP contribution in [0.2, 0.25) is 0 Å². The third-order valence-electron chi connectivity index (χ3n) is 7.78. The Morgan fingerprint density at radius 2 is 2.14 bits per heavy atom. The van der Waals surface area contributed by atoms with Crippen molar-refractivity contribution >= 4 is 11.8 Å². The summed E-state index contributed by atoms with van der Waals surface area (Å²) in [6.45, 7) is 3.47.